The predicted octanol–water partition coefficient (Wildman–Crippen LogP) is 1.44. The summed E-state index contributed by atoms with van der Waals surface area (Å²) in [5.41, 5.74) is 0.533. The van der Waals surface area contributed by atoms with E-state index in [4.69, 9.17) is 9.88 Å². The van der Waals surface area contributed by atoms with Crippen LogP contribution in [0.2, 0.25) is 0 Å². The maximum absolute atomic E-state index is 12.4. The Labute approximate surface area is 184 Å². The third-order valence-corrected chi connectivity index (χ3v) is 7.43. The van der Waals surface area contributed by atoms with Crippen molar-refractivity contribution in [2.45, 2.75) is 29.9 Å². The molecule has 0 atom stereocenters. The van der Waals surface area contributed by atoms with Crippen molar-refractivity contribution >= 4 is 36.8 Å². The zero-order valence-corrected chi connectivity index (χ0v) is 19.1. The van der Waals surface area contributed by atoms with Crippen molar-refractivity contribution in [3.63, 3.8) is 0 Å². The molecule has 32 heavy (non-hydrogen) atoms. The molecule has 0 aliphatic rings. The first-order valence-electron chi connectivity index (χ1n) is 9.22. The van der Waals surface area contributed by atoms with Crippen molar-refractivity contribution in [1.29, 1.82) is 0 Å². The van der Waals surface area contributed by atoms with E-state index in [2.05, 4.69) is 4.98 Å². The van der Waals surface area contributed by atoms with Gasteiger partial charge in [-0.15, -0.1) is 0 Å². The summed E-state index contributed by atoms with van der Waals surface area (Å²) in [6.07, 6.45) is 0. The normalized spacial score (nSPS) is 12.4. The molecule has 0 spiro atoms. The average Bonchev–Trinajstić information content (AvgIpc) is 3.07. The number of benzene rings is 2. The van der Waals surface area contributed by atoms with Crippen LogP contribution in [0.3, 0.4) is 0 Å². The van der Waals surface area contributed by atoms with Gasteiger partial charge < -0.3 is 9.30 Å². The number of primary sulfonamides is 1. The summed E-state index contributed by atoms with van der Waals surface area (Å²) in [6.45, 7) is 2.17. The SMILES string of the molecule is CCn1c(COc2ccc(S(N)(=O)=O)cc2[N+](=O)[O-])nc2cc(S(=O)(=O)N(C)C)ccc21. The zero-order valence-electron chi connectivity index (χ0n) is 17.4. The number of aryl methyl sites for hydroxylation is 1. The maximum Gasteiger partial charge on any atom is 0.312 e. The topological polar surface area (TPSA) is 168 Å². The van der Waals surface area contributed by atoms with Crippen molar-refractivity contribution in [2.75, 3.05) is 14.1 Å². The van der Waals surface area contributed by atoms with Crippen LogP contribution < -0.4 is 9.88 Å². The number of sulfonamides is 2. The van der Waals surface area contributed by atoms with Crippen LogP contribution in [-0.4, -0.2) is 49.7 Å². The van der Waals surface area contributed by atoms with Crippen LogP contribution in [0, 0.1) is 10.1 Å². The van der Waals surface area contributed by atoms with E-state index < -0.39 is 35.6 Å². The molecule has 0 amide bonds. The number of fused-ring (bicyclic) bond motifs is 1. The first-order valence-corrected chi connectivity index (χ1v) is 12.2. The van der Waals surface area contributed by atoms with Gasteiger partial charge in [0.15, 0.2) is 5.75 Å². The molecule has 0 bridgehead atoms. The lowest BCUT2D eigenvalue weighted by atomic mass is 10.3. The van der Waals surface area contributed by atoms with Crippen LogP contribution in [0.25, 0.3) is 11.0 Å². The van der Waals surface area contributed by atoms with Gasteiger partial charge in [-0.2, -0.15) is 0 Å². The number of nitrogens with two attached hydrogens (primary N) is 1. The van der Waals surface area contributed by atoms with Gasteiger partial charge in [0.25, 0.3) is 0 Å². The Kier molecular flexibility index (Phi) is 6.24. The van der Waals surface area contributed by atoms with E-state index in [0.717, 1.165) is 22.5 Å². The molecule has 2 N–H and O–H groups in total. The minimum absolute atomic E-state index is 0.0810. The molecule has 1 heterocycles. The number of ether oxygens (including phenoxy) is 1. The number of imidazole rings is 1. The first-order chi connectivity index (χ1) is 14.9. The van der Waals surface area contributed by atoms with Crippen molar-refractivity contribution < 1.29 is 26.5 Å². The zero-order chi connectivity index (χ0) is 23.8. The molecule has 0 unspecified atom stereocenters. The Morgan fingerprint density at radius 1 is 1.12 bits per heavy atom. The number of hydrogen-bond acceptors (Lipinski definition) is 8. The minimum Gasteiger partial charge on any atom is -0.479 e. The van der Waals surface area contributed by atoms with Crippen molar-refractivity contribution in [2.24, 2.45) is 5.14 Å². The molecule has 14 heteroatoms. The smallest absolute Gasteiger partial charge is 0.312 e. The predicted molar refractivity (Wildman–Crippen MR) is 115 cm³/mol. The Balaban J connectivity index is 1.98. The molecule has 2 aromatic carbocycles. The second-order valence-electron chi connectivity index (χ2n) is 6.93. The molecule has 0 aliphatic carbocycles. The highest BCUT2D eigenvalue weighted by Gasteiger charge is 2.22. The molecule has 0 saturated heterocycles. The van der Waals surface area contributed by atoms with Crippen LogP contribution in [0.1, 0.15) is 12.7 Å². The lowest BCUT2D eigenvalue weighted by Crippen LogP contribution is -2.22. The first kappa shape index (κ1) is 23.6. The lowest BCUT2D eigenvalue weighted by Gasteiger charge is -2.11. The molecule has 3 rings (SSSR count). The van der Waals surface area contributed by atoms with Crippen LogP contribution in [0.5, 0.6) is 5.75 Å². The van der Waals surface area contributed by atoms with Crippen molar-refractivity contribution in [3.05, 3.63) is 52.3 Å². The van der Waals surface area contributed by atoms with Crippen LogP contribution in [0.15, 0.2) is 46.2 Å². The number of nitrogens with zero attached hydrogens (tertiary/aromatic N) is 4. The molecular weight excluding hydrogens is 462 g/mol. The fourth-order valence-electron chi connectivity index (χ4n) is 3.07. The van der Waals surface area contributed by atoms with E-state index in [1.54, 1.807) is 10.6 Å². The molecule has 0 fully saturated rings. The Bertz CT molecular complexity index is 1410. The highest BCUT2D eigenvalue weighted by atomic mass is 32.2. The lowest BCUT2D eigenvalue weighted by molar-refractivity contribution is -0.386. The maximum atomic E-state index is 12.4. The van der Waals surface area contributed by atoms with Gasteiger partial charge in [0, 0.05) is 26.7 Å². The van der Waals surface area contributed by atoms with Crippen LogP contribution in [0.4, 0.5) is 5.69 Å². The summed E-state index contributed by atoms with van der Waals surface area (Å²) in [6, 6.07) is 7.65. The Morgan fingerprint density at radius 2 is 1.78 bits per heavy atom. The monoisotopic (exact) mass is 483 g/mol. The largest absolute Gasteiger partial charge is 0.479 e. The van der Waals surface area contributed by atoms with Gasteiger partial charge in [0.2, 0.25) is 20.0 Å². The van der Waals surface area contributed by atoms with E-state index in [1.807, 2.05) is 6.92 Å². The highest BCUT2D eigenvalue weighted by molar-refractivity contribution is 7.89. The molecular formula is C18H21N5O7S2. The van der Waals surface area contributed by atoms with Gasteiger partial charge in [-0.3, -0.25) is 10.1 Å². The summed E-state index contributed by atoms with van der Waals surface area (Å²) in [7, 11) is -4.91. The van der Waals surface area contributed by atoms with E-state index in [0.29, 0.717) is 23.4 Å². The summed E-state index contributed by atoms with van der Waals surface area (Å²) in [4.78, 5) is 14.7. The number of nitro benzene ring substituents is 1. The third-order valence-electron chi connectivity index (χ3n) is 4.71. The quantitative estimate of drug-likeness (QED) is 0.371. The summed E-state index contributed by atoms with van der Waals surface area (Å²) in [5, 5.41) is 16.4. The molecule has 0 radical (unpaired) electrons. The van der Waals surface area contributed by atoms with E-state index in [1.165, 1.54) is 26.2 Å². The van der Waals surface area contributed by atoms with Gasteiger partial charge in [0.05, 0.1) is 25.7 Å². The van der Waals surface area contributed by atoms with Crippen molar-refractivity contribution in [3.8, 4) is 5.75 Å². The summed E-state index contributed by atoms with van der Waals surface area (Å²) >= 11 is 0. The van der Waals surface area contributed by atoms with Gasteiger partial charge in [-0.05, 0) is 37.3 Å². The fourth-order valence-corrected chi connectivity index (χ4v) is 4.53. The minimum atomic E-state index is -4.12. The molecule has 0 saturated carbocycles. The van der Waals surface area contributed by atoms with Gasteiger partial charge in [0.1, 0.15) is 12.4 Å². The third kappa shape index (κ3) is 4.43. The number of aromatic nitrogens is 2. The number of hydrogen-bond donors (Lipinski definition) is 1. The van der Waals surface area contributed by atoms with E-state index >= 15 is 0 Å². The van der Waals surface area contributed by atoms with E-state index in [-0.39, 0.29) is 17.3 Å². The molecule has 1 aromatic heterocycles. The summed E-state index contributed by atoms with van der Waals surface area (Å²) in [5.74, 6) is 0.250. The summed E-state index contributed by atoms with van der Waals surface area (Å²) < 4.78 is 56.2. The molecule has 172 valence electrons. The molecule has 3 aromatic rings. The van der Waals surface area contributed by atoms with E-state index in [9.17, 15) is 26.9 Å². The van der Waals surface area contributed by atoms with Gasteiger partial charge in [-0.1, -0.05) is 0 Å². The van der Waals surface area contributed by atoms with Crippen molar-refractivity contribution in [1.82, 2.24) is 13.9 Å². The standard InChI is InChI=1S/C18H21N5O7S2/c1-4-22-15-7-5-13(32(28,29)21(2)3)9-14(15)20-18(22)11-30-17-8-6-12(31(19,26)27)10-16(17)23(24)25/h5-10H,4,11H2,1-3H3,(H2,19,26,27). The number of rotatable bonds is 8. The van der Waals surface area contributed by atoms with Gasteiger partial charge in [-0.25, -0.2) is 31.3 Å². The molecule has 0 aliphatic heterocycles. The Morgan fingerprint density at radius 3 is 2.34 bits per heavy atom. The highest BCUT2D eigenvalue weighted by Crippen LogP contribution is 2.30. The number of nitro groups is 1. The molecule has 12 nitrogen and oxygen atoms in total. The second-order valence-corrected chi connectivity index (χ2v) is 10.6. The fraction of sp³-hybridized carbons (Fsp3) is 0.278. The van der Waals surface area contributed by atoms with Crippen LogP contribution in [-0.2, 0) is 33.2 Å². The Hall–Kier alpha value is -3.07. The van der Waals surface area contributed by atoms with Gasteiger partial charge >= 0.3 is 5.69 Å². The average molecular weight is 484 g/mol. The second kappa shape index (κ2) is 8.46. The van der Waals surface area contributed by atoms with Crippen LogP contribution >= 0.6 is 0 Å².